The van der Waals surface area contributed by atoms with E-state index < -0.39 is 0 Å². The zero-order valence-corrected chi connectivity index (χ0v) is 13.3. The molecule has 112 valence electrons. The van der Waals surface area contributed by atoms with Crippen molar-refractivity contribution in [1.29, 1.82) is 0 Å². The number of nitrogens with zero attached hydrogens (tertiary/aromatic N) is 2. The highest BCUT2D eigenvalue weighted by Gasteiger charge is 2.21. The van der Waals surface area contributed by atoms with Crippen LogP contribution in [0.15, 0.2) is 30.5 Å². The molecule has 1 saturated carbocycles. The first-order valence-electron chi connectivity index (χ1n) is 8.07. The predicted molar refractivity (Wildman–Crippen MR) is 89.8 cm³/mol. The van der Waals surface area contributed by atoms with E-state index in [0.717, 1.165) is 24.9 Å². The van der Waals surface area contributed by atoms with E-state index in [1.807, 2.05) is 0 Å². The number of fused-ring (bicyclic) bond motifs is 1. The maximum absolute atomic E-state index is 4.78. The molecule has 2 aromatic rings. The Kier molecular flexibility index (Phi) is 4.11. The van der Waals surface area contributed by atoms with Crippen molar-refractivity contribution in [2.45, 2.75) is 52.2 Å². The molecule has 3 nitrogen and oxygen atoms in total. The van der Waals surface area contributed by atoms with Gasteiger partial charge in [-0.05, 0) is 44.6 Å². The monoisotopic (exact) mass is 283 g/mol. The Balaban J connectivity index is 2.00. The third-order valence-corrected chi connectivity index (χ3v) is 4.25. The van der Waals surface area contributed by atoms with Gasteiger partial charge in [0.05, 0.1) is 0 Å². The number of aromatic nitrogens is 1. The molecular formula is C18H25N3. The largest absolute Gasteiger partial charge is 0.354 e. The lowest BCUT2D eigenvalue weighted by Crippen LogP contribution is -2.31. The van der Waals surface area contributed by atoms with Crippen LogP contribution in [0.1, 0.15) is 39.2 Å². The summed E-state index contributed by atoms with van der Waals surface area (Å²) >= 11 is 0. The van der Waals surface area contributed by atoms with E-state index in [2.05, 4.69) is 61.5 Å². The van der Waals surface area contributed by atoms with E-state index in [-0.39, 0.29) is 0 Å². The lowest BCUT2D eigenvalue weighted by molar-refractivity contribution is 0.684. The fraction of sp³-hybridized carbons (Fsp3) is 0.500. The van der Waals surface area contributed by atoms with Crippen molar-refractivity contribution in [2.24, 2.45) is 0 Å². The summed E-state index contributed by atoms with van der Waals surface area (Å²) in [6, 6.07) is 9.84. The zero-order valence-electron chi connectivity index (χ0n) is 13.3. The van der Waals surface area contributed by atoms with Gasteiger partial charge in [0.2, 0.25) is 0 Å². The summed E-state index contributed by atoms with van der Waals surface area (Å²) < 4.78 is 0. The van der Waals surface area contributed by atoms with Gasteiger partial charge in [-0.3, -0.25) is 0 Å². The van der Waals surface area contributed by atoms with E-state index in [0.29, 0.717) is 6.04 Å². The van der Waals surface area contributed by atoms with Gasteiger partial charge in [0, 0.05) is 36.8 Å². The molecule has 0 unspecified atom stereocenters. The standard InChI is InChI=1S/C18H25N3/c1-4-21(13(2)3)18-17-8-6-5-7-16(17)14(12-20-18)11-19-15-9-10-15/h5-8,12-13,15,19H,4,9-11H2,1-3H3. The lowest BCUT2D eigenvalue weighted by atomic mass is 10.1. The predicted octanol–water partition coefficient (Wildman–Crippen LogP) is 3.72. The molecule has 3 rings (SSSR count). The minimum Gasteiger partial charge on any atom is -0.354 e. The molecule has 1 N–H and O–H groups in total. The number of hydrogen-bond acceptors (Lipinski definition) is 3. The van der Waals surface area contributed by atoms with Crippen LogP contribution in [0.25, 0.3) is 10.8 Å². The molecule has 0 radical (unpaired) electrons. The smallest absolute Gasteiger partial charge is 0.136 e. The fourth-order valence-corrected chi connectivity index (χ4v) is 2.91. The Morgan fingerprint density at radius 3 is 2.57 bits per heavy atom. The van der Waals surface area contributed by atoms with E-state index in [1.54, 1.807) is 0 Å². The van der Waals surface area contributed by atoms with Crippen LogP contribution in [0.4, 0.5) is 5.82 Å². The lowest BCUT2D eigenvalue weighted by Gasteiger charge is -2.28. The van der Waals surface area contributed by atoms with Crippen LogP contribution < -0.4 is 10.2 Å². The first kappa shape index (κ1) is 14.3. The van der Waals surface area contributed by atoms with Gasteiger partial charge in [0.25, 0.3) is 0 Å². The van der Waals surface area contributed by atoms with Crippen LogP contribution >= 0.6 is 0 Å². The Hall–Kier alpha value is -1.61. The van der Waals surface area contributed by atoms with E-state index in [4.69, 9.17) is 4.98 Å². The van der Waals surface area contributed by atoms with Crippen molar-refractivity contribution in [3.63, 3.8) is 0 Å². The van der Waals surface area contributed by atoms with Crippen LogP contribution in [0, 0.1) is 0 Å². The minimum absolute atomic E-state index is 0.460. The molecule has 1 aliphatic rings. The molecule has 0 bridgehead atoms. The van der Waals surface area contributed by atoms with Crippen molar-refractivity contribution in [3.8, 4) is 0 Å². The molecule has 3 heteroatoms. The van der Waals surface area contributed by atoms with E-state index >= 15 is 0 Å². The van der Waals surface area contributed by atoms with E-state index in [9.17, 15) is 0 Å². The molecule has 1 aromatic carbocycles. The van der Waals surface area contributed by atoms with Crippen molar-refractivity contribution < 1.29 is 0 Å². The molecule has 0 spiro atoms. The van der Waals surface area contributed by atoms with Gasteiger partial charge in [0.15, 0.2) is 0 Å². The van der Waals surface area contributed by atoms with Gasteiger partial charge in [-0.15, -0.1) is 0 Å². The number of benzene rings is 1. The van der Waals surface area contributed by atoms with Gasteiger partial charge in [-0.2, -0.15) is 0 Å². The first-order valence-corrected chi connectivity index (χ1v) is 8.07. The third-order valence-electron chi connectivity index (χ3n) is 4.25. The van der Waals surface area contributed by atoms with Crippen molar-refractivity contribution in [1.82, 2.24) is 10.3 Å². The molecule has 0 atom stereocenters. The average Bonchev–Trinajstić information content (AvgIpc) is 3.30. The summed E-state index contributed by atoms with van der Waals surface area (Å²) in [5, 5.41) is 6.19. The third kappa shape index (κ3) is 3.03. The maximum Gasteiger partial charge on any atom is 0.136 e. The molecule has 0 saturated heterocycles. The van der Waals surface area contributed by atoms with Crippen molar-refractivity contribution in [3.05, 3.63) is 36.0 Å². The van der Waals surface area contributed by atoms with Gasteiger partial charge >= 0.3 is 0 Å². The van der Waals surface area contributed by atoms with Crippen molar-refractivity contribution >= 4 is 16.6 Å². The number of rotatable bonds is 6. The maximum atomic E-state index is 4.78. The number of hydrogen-bond donors (Lipinski definition) is 1. The normalized spacial score (nSPS) is 14.9. The summed E-state index contributed by atoms with van der Waals surface area (Å²) in [5.41, 5.74) is 1.31. The van der Waals surface area contributed by atoms with Crippen LogP contribution in [-0.4, -0.2) is 23.6 Å². The van der Waals surface area contributed by atoms with Gasteiger partial charge in [-0.1, -0.05) is 24.3 Å². The number of nitrogens with one attached hydrogen (secondary N) is 1. The fourth-order valence-electron chi connectivity index (χ4n) is 2.91. The van der Waals surface area contributed by atoms with Crippen molar-refractivity contribution in [2.75, 3.05) is 11.4 Å². The Morgan fingerprint density at radius 2 is 1.95 bits per heavy atom. The quantitative estimate of drug-likeness (QED) is 0.875. The molecule has 1 aromatic heterocycles. The summed E-state index contributed by atoms with van der Waals surface area (Å²) in [7, 11) is 0. The van der Waals surface area contributed by atoms with Crippen LogP contribution in [0.3, 0.4) is 0 Å². The molecule has 1 heterocycles. The second kappa shape index (κ2) is 6.02. The highest BCUT2D eigenvalue weighted by Crippen LogP contribution is 2.29. The first-order chi connectivity index (χ1) is 10.2. The second-order valence-electron chi connectivity index (χ2n) is 6.19. The van der Waals surface area contributed by atoms with Crippen LogP contribution in [0.2, 0.25) is 0 Å². The minimum atomic E-state index is 0.460. The summed E-state index contributed by atoms with van der Waals surface area (Å²) in [4.78, 5) is 7.15. The molecular weight excluding hydrogens is 258 g/mol. The average molecular weight is 283 g/mol. The molecule has 1 aliphatic carbocycles. The molecule has 21 heavy (non-hydrogen) atoms. The molecule has 0 amide bonds. The van der Waals surface area contributed by atoms with Gasteiger partial charge in [0.1, 0.15) is 5.82 Å². The topological polar surface area (TPSA) is 28.2 Å². The zero-order chi connectivity index (χ0) is 14.8. The summed E-state index contributed by atoms with van der Waals surface area (Å²) in [5.74, 6) is 1.11. The highest BCUT2D eigenvalue weighted by molar-refractivity contribution is 5.94. The Labute approximate surface area is 127 Å². The van der Waals surface area contributed by atoms with E-state index in [1.165, 1.54) is 29.2 Å². The Morgan fingerprint density at radius 1 is 1.24 bits per heavy atom. The number of pyridine rings is 1. The SMILES string of the molecule is CCN(c1ncc(CNC2CC2)c2ccccc12)C(C)C. The molecule has 1 fully saturated rings. The highest BCUT2D eigenvalue weighted by atomic mass is 15.2. The Bertz CT molecular complexity index is 617. The van der Waals surface area contributed by atoms with Gasteiger partial charge in [-0.25, -0.2) is 4.98 Å². The van der Waals surface area contributed by atoms with Crippen LogP contribution in [-0.2, 0) is 6.54 Å². The number of anilines is 1. The molecule has 0 aliphatic heterocycles. The van der Waals surface area contributed by atoms with Crippen LogP contribution in [0.5, 0.6) is 0 Å². The van der Waals surface area contributed by atoms with Gasteiger partial charge < -0.3 is 10.2 Å². The second-order valence-corrected chi connectivity index (χ2v) is 6.19. The summed E-state index contributed by atoms with van der Waals surface area (Å²) in [6.07, 6.45) is 4.69. The summed E-state index contributed by atoms with van der Waals surface area (Å²) in [6.45, 7) is 8.55.